The van der Waals surface area contributed by atoms with Crippen molar-refractivity contribution in [2.24, 2.45) is 0 Å². The molecule has 0 amide bonds. The third kappa shape index (κ3) is 2.20. The number of halogens is 1. The van der Waals surface area contributed by atoms with Crippen LogP contribution in [0, 0.1) is 6.92 Å². The number of aliphatic hydroxyl groups is 1. The molecule has 2 rings (SSSR count). The van der Waals surface area contributed by atoms with E-state index in [0.717, 1.165) is 5.56 Å². The van der Waals surface area contributed by atoms with Gasteiger partial charge in [-0.05, 0) is 30.0 Å². The van der Waals surface area contributed by atoms with Crippen molar-refractivity contribution >= 4 is 22.9 Å². The minimum absolute atomic E-state index is 0.494. The first kappa shape index (κ1) is 10.6. The number of aromatic nitrogens is 1. The van der Waals surface area contributed by atoms with E-state index >= 15 is 0 Å². The third-order valence-corrected chi connectivity index (χ3v) is 3.36. The van der Waals surface area contributed by atoms with Gasteiger partial charge >= 0.3 is 0 Å². The van der Waals surface area contributed by atoms with E-state index in [0.29, 0.717) is 10.6 Å². The molecule has 1 N–H and O–H groups in total. The van der Waals surface area contributed by atoms with Gasteiger partial charge in [0, 0.05) is 22.8 Å². The SMILES string of the molecule is Cc1cc(C(O)c2ccncc2Cl)cs1. The highest BCUT2D eigenvalue weighted by atomic mass is 35.5. The number of hydrogen-bond acceptors (Lipinski definition) is 3. The molecule has 0 saturated carbocycles. The second-order valence-corrected chi connectivity index (χ2v) is 4.81. The summed E-state index contributed by atoms with van der Waals surface area (Å²) < 4.78 is 0. The lowest BCUT2D eigenvalue weighted by Crippen LogP contribution is -1.99. The normalized spacial score (nSPS) is 12.7. The predicted octanol–water partition coefficient (Wildman–Crippen LogP) is 3.19. The Morgan fingerprint density at radius 2 is 2.33 bits per heavy atom. The molecule has 0 aliphatic rings. The standard InChI is InChI=1S/C11H10ClNOS/c1-7-4-8(6-15-7)11(14)9-2-3-13-5-10(9)12/h2-6,11,14H,1H3. The highest BCUT2D eigenvalue weighted by molar-refractivity contribution is 7.10. The van der Waals surface area contributed by atoms with Crippen LogP contribution in [0.2, 0.25) is 5.02 Å². The van der Waals surface area contributed by atoms with Gasteiger partial charge in [-0.2, -0.15) is 0 Å². The lowest BCUT2D eigenvalue weighted by atomic mass is 10.1. The van der Waals surface area contributed by atoms with Crippen LogP contribution in [0.3, 0.4) is 0 Å². The summed E-state index contributed by atoms with van der Waals surface area (Å²) in [4.78, 5) is 5.06. The molecule has 0 fully saturated rings. The van der Waals surface area contributed by atoms with E-state index in [9.17, 15) is 5.11 Å². The molecular weight excluding hydrogens is 230 g/mol. The van der Waals surface area contributed by atoms with Gasteiger partial charge in [0.1, 0.15) is 6.10 Å². The fourth-order valence-corrected chi connectivity index (χ4v) is 2.34. The lowest BCUT2D eigenvalue weighted by molar-refractivity contribution is 0.221. The molecule has 78 valence electrons. The summed E-state index contributed by atoms with van der Waals surface area (Å²) in [5.74, 6) is 0. The highest BCUT2D eigenvalue weighted by Crippen LogP contribution is 2.29. The van der Waals surface area contributed by atoms with E-state index in [1.807, 2.05) is 18.4 Å². The zero-order chi connectivity index (χ0) is 10.8. The van der Waals surface area contributed by atoms with Crippen LogP contribution in [0.4, 0.5) is 0 Å². The van der Waals surface area contributed by atoms with E-state index in [1.165, 1.54) is 4.88 Å². The predicted molar refractivity (Wildman–Crippen MR) is 62.4 cm³/mol. The van der Waals surface area contributed by atoms with Crippen molar-refractivity contribution < 1.29 is 5.11 Å². The van der Waals surface area contributed by atoms with Crippen molar-refractivity contribution in [3.8, 4) is 0 Å². The van der Waals surface area contributed by atoms with Crippen molar-refractivity contribution in [2.45, 2.75) is 13.0 Å². The quantitative estimate of drug-likeness (QED) is 0.873. The topological polar surface area (TPSA) is 33.1 Å². The minimum atomic E-state index is -0.662. The zero-order valence-corrected chi connectivity index (χ0v) is 9.72. The van der Waals surface area contributed by atoms with Crippen LogP contribution in [0.25, 0.3) is 0 Å². The zero-order valence-electron chi connectivity index (χ0n) is 8.14. The average Bonchev–Trinajstić information content (AvgIpc) is 2.65. The summed E-state index contributed by atoms with van der Waals surface area (Å²) in [5.41, 5.74) is 1.58. The van der Waals surface area contributed by atoms with Crippen molar-refractivity contribution in [1.82, 2.24) is 4.98 Å². The number of aliphatic hydroxyl groups excluding tert-OH is 1. The number of hydrogen-bond donors (Lipinski definition) is 1. The van der Waals surface area contributed by atoms with Crippen LogP contribution in [0.1, 0.15) is 22.1 Å². The average molecular weight is 240 g/mol. The second kappa shape index (κ2) is 4.31. The Balaban J connectivity index is 2.36. The van der Waals surface area contributed by atoms with Gasteiger partial charge in [0.05, 0.1) is 5.02 Å². The summed E-state index contributed by atoms with van der Waals surface area (Å²) in [6.45, 7) is 2.01. The molecule has 2 heterocycles. The van der Waals surface area contributed by atoms with Crippen LogP contribution in [0.5, 0.6) is 0 Å². The van der Waals surface area contributed by atoms with Crippen LogP contribution < -0.4 is 0 Å². The number of thiophene rings is 1. The first-order valence-corrected chi connectivity index (χ1v) is 5.77. The Labute approximate surface area is 97.2 Å². The van der Waals surface area contributed by atoms with Gasteiger partial charge < -0.3 is 5.11 Å². The second-order valence-electron chi connectivity index (χ2n) is 3.29. The van der Waals surface area contributed by atoms with Gasteiger partial charge in [-0.3, -0.25) is 4.98 Å². The van der Waals surface area contributed by atoms with Gasteiger partial charge in [0.15, 0.2) is 0 Å². The number of rotatable bonds is 2. The molecule has 0 bridgehead atoms. The Morgan fingerprint density at radius 3 is 2.93 bits per heavy atom. The molecule has 15 heavy (non-hydrogen) atoms. The Kier molecular flexibility index (Phi) is 3.05. The maximum atomic E-state index is 10.1. The molecular formula is C11H10ClNOS. The summed E-state index contributed by atoms with van der Waals surface area (Å²) >= 11 is 7.57. The van der Waals surface area contributed by atoms with Gasteiger partial charge in [-0.25, -0.2) is 0 Å². The molecule has 2 nitrogen and oxygen atoms in total. The fraction of sp³-hybridized carbons (Fsp3) is 0.182. The lowest BCUT2D eigenvalue weighted by Gasteiger charge is -2.10. The smallest absolute Gasteiger partial charge is 0.106 e. The van der Waals surface area contributed by atoms with E-state index in [2.05, 4.69) is 4.98 Å². The van der Waals surface area contributed by atoms with Crippen LogP contribution in [-0.2, 0) is 0 Å². The molecule has 2 aromatic heterocycles. The Hall–Kier alpha value is -0.900. The van der Waals surface area contributed by atoms with Gasteiger partial charge in [-0.1, -0.05) is 11.6 Å². The highest BCUT2D eigenvalue weighted by Gasteiger charge is 2.14. The summed E-state index contributed by atoms with van der Waals surface area (Å²) in [7, 11) is 0. The maximum Gasteiger partial charge on any atom is 0.106 e. The van der Waals surface area contributed by atoms with Crippen molar-refractivity contribution in [2.75, 3.05) is 0 Å². The molecule has 1 unspecified atom stereocenters. The van der Waals surface area contributed by atoms with Crippen LogP contribution in [-0.4, -0.2) is 10.1 Å². The largest absolute Gasteiger partial charge is 0.384 e. The summed E-state index contributed by atoms with van der Waals surface area (Å²) in [6, 6.07) is 3.70. The van der Waals surface area contributed by atoms with E-state index in [1.54, 1.807) is 29.8 Å². The van der Waals surface area contributed by atoms with E-state index < -0.39 is 6.10 Å². The van der Waals surface area contributed by atoms with Crippen LogP contribution >= 0.6 is 22.9 Å². The van der Waals surface area contributed by atoms with Gasteiger partial charge in [-0.15, -0.1) is 11.3 Å². The third-order valence-electron chi connectivity index (χ3n) is 2.16. The molecule has 0 aromatic carbocycles. The first-order valence-electron chi connectivity index (χ1n) is 4.51. The van der Waals surface area contributed by atoms with Crippen molar-refractivity contribution in [1.29, 1.82) is 0 Å². The molecule has 0 aliphatic heterocycles. The molecule has 0 aliphatic carbocycles. The molecule has 0 spiro atoms. The summed E-state index contributed by atoms with van der Waals surface area (Å²) in [6.07, 6.45) is 2.51. The Morgan fingerprint density at radius 1 is 1.53 bits per heavy atom. The fourth-order valence-electron chi connectivity index (χ4n) is 1.39. The maximum absolute atomic E-state index is 10.1. The molecule has 0 saturated heterocycles. The van der Waals surface area contributed by atoms with Gasteiger partial charge in [0.2, 0.25) is 0 Å². The number of pyridine rings is 1. The summed E-state index contributed by atoms with van der Waals surface area (Å²) in [5, 5.41) is 12.5. The first-order chi connectivity index (χ1) is 7.18. The monoisotopic (exact) mass is 239 g/mol. The molecule has 1 atom stereocenters. The Bertz CT molecular complexity index is 469. The molecule has 0 radical (unpaired) electrons. The molecule has 4 heteroatoms. The molecule has 2 aromatic rings. The number of nitrogens with zero attached hydrogens (tertiary/aromatic N) is 1. The minimum Gasteiger partial charge on any atom is -0.384 e. The van der Waals surface area contributed by atoms with Gasteiger partial charge in [0.25, 0.3) is 0 Å². The van der Waals surface area contributed by atoms with Crippen LogP contribution in [0.15, 0.2) is 29.9 Å². The van der Waals surface area contributed by atoms with Crippen molar-refractivity contribution in [3.05, 3.63) is 50.9 Å². The van der Waals surface area contributed by atoms with E-state index in [4.69, 9.17) is 11.6 Å². The van der Waals surface area contributed by atoms with Crippen molar-refractivity contribution in [3.63, 3.8) is 0 Å². The van der Waals surface area contributed by atoms with E-state index in [-0.39, 0.29) is 0 Å². The number of aryl methyl sites for hydroxylation is 1.